The summed E-state index contributed by atoms with van der Waals surface area (Å²) in [5.41, 5.74) is 8.60. The van der Waals surface area contributed by atoms with E-state index >= 15 is 0 Å². The second kappa shape index (κ2) is 12.3. The Morgan fingerprint density at radius 1 is 1.00 bits per heavy atom. The van der Waals surface area contributed by atoms with Gasteiger partial charge >= 0.3 is 17.1 Å². The number of amides is 1. The summed E-state index contributed by atoms with van der Waals surface area (Å²) in [7, 11) is 1.54. The summed E-state index contributed by atoms with van der Waals surface area (Å²) in [5.74, 6) is -0.920. The molecule has 0 spiro atoms. The van der Waals surface area contributed by atoms with Gasteiger partial charge in [0.2, 0.25) is 0 Å². The number of hydrogen-bond acceptors (Lipinski definition) is 7. The SMILES string of the molecule is CN=C([S-])N/N=C(C)/C(C)=N/N=C(\[S-])NNC(=O)c1ccc(F)cc1.[64Cu+2]. The summed E-state index contributed by atoms with van der Waals surface area (Å²) in [6.45, 7) is 3.38. The van der Waals surface area contributed by atoms with Crippen LogP contribution in [0.3, 0.4) is 0 Å². The van der Waals surface area contributed by atoms with Crippen LogP contribution in [0, 0.1) is 5.82 Å². The van der Waals surface area contributed by atoms with Crippen LogP contribution in [0.5, 0.6) is 0 Å². The molecule has 0 aliphatic rings. The molecule has 1 amide bonds. The van der Waals surface area contributed by atoms with Crippen molar-refractivity contribution in [2.24, 2.45) is 20.3 Å². The van der Waals surface area contributed by atoms with E-state index in [0.29, 0.717) is 11.4 Å². The summed E-state index contributed by atoms with van der Waals surface area (Å²) in [6.07, 6.45) is 0. The summed E-state index contributed by atoms with van der Waals surface area (Å²) >= 11 is 9.75. The van der Waals surface area contributed by atoms with Crippen LogP contribution in [0.15, 0.2) is 44.6 Å². The Hall–Kier alpha value is -2.14. The third-order valence-electron chi connectivity index (χ3n) is 2.73. The standard InChI is InChI=1S/C14H18FN7OS2.Cu/c1-8(17-20-13(24)16-3)9(2)18-21-14(25)22-19-12(23)10-4-6-11(15)7-5-10;/h4-7H,1-3H3,(H,19,23)(H2,16,20,24)(H2,21,22,25);/q;+2/p-2/b17-8+,18-9+;/i;1+0. The van der Waals surface area contributed by atoms with Crippen molar-refractivity contribution in [1.82, 2.24) is 16.3 Å². The third kappa shape index (κ3) is 8.81. The first-order chi connectivity index (χ1) is 11.8. The van der Waals surface area contributed by atoms with E-state index < -0.39 is 11.7 Å². The van der Waals surface area contributed by atoms with E-state index in [4.69, 9.17) is 25.3 Å². The van der Waals surface area contributed by atoms with Gasteiger partial charge in [-0.25, -0.2) is 4.39 Å². The number of hydrazine groups is 1. The summed E-state index contributed by atoms with van der Waals surface area (Å²) < 4.78 is 12.8. The first-order valence-corrected chi connectivity index (χ1v) is 7.70. The Labute approximate surface area is 172 Å². The van der Waals surface area contributed by atoms with Gasteiger partial charge in [0.05, 0.1) is 11.4 Å². The van der Waals surface area contributed by atoms with E-state index in [1.54, 1.807) is 20.9 Å². The maximum atomic E-state index is 12.8. The van der Waals surface area contributed by atoms with Crippen LogP contribution in [0.1, 0.15) is 24.2 Å². The number of nitrogens with one attached hydrogen (secondary N) is 3. The molecule has 8 nitrogen and oxygen atoms in total. The molecule has 1 radical (unpaired) electrons. The summed E-state index contributed by atoms with van der Waals surface area (Å²) in [5, 5.41) is 11.8. The van der Waals surface area contributed by atoms with E-state index in [-0.39, 0.29) is 33.0 Å². The van der Waals surface area contributed by atoms with E-state index in [0.717, 1.165) is 0 Å². The molecule has 0 heterocycles. The zero-order valence-electron chi connectivity index (χ0n) is 14.0. The number of benzene rings is 1. The molecule has 0 atom stereocenters. The minimum absolute atomic E-state index is 0. The van der Waals surface area contributed by atoms with E-state index in [9.17, 15) is 9.18 Å². The van der Waals surface area contributed by atoms with Gasteiger partial charge in [-0.05, 0) is 43.3 Å². The predicted molar refractivity (Wildman–Crippen MR) is 102 cm³/mol. The number of hydrazone groups is 1. The van der Waals surface area contributed by atoms with Crippen molar-refractivity contribution in [3.05, 3.63) is 35.6 Å². The van der Waals surface area contributed by atoms with E-state index in [2.05, 4.69) is 36.6 Å². The Balaban J connectivity index is 0.00000625. The fourth-order valence-electron chi connectivity index (χ4n) is 1.26. The van der Waals surface area contributed by atoms with Crippen molar-refractivity contribution in [1.29, 1.82) is 0 Å². The number of nitrogens with zero attached hydrogens (tertiary/aromatic N) is 4. The van der Waals surface area contributed by atoms with Gasteiger partial charge < -0.3 is 30.7 Å². The molecule has 12 heteroatoms. The van der Waals surface area contributed by atoms with Crippen molar-refractivity contribution in [2.45, 2.75) is 13.8 Å². The molecule has 0 fully saturated rings. The number of carbonyl (C=O) groups excluding carboxylic acids is 1. The average Bonchev–Trinajstić information content (AvgIpc) is 2.62. The smallest absolute Gasteiger partial charge is 0.741 e. The van der Waals surface area contributed by atoms with Crippen molar-refractivity contribution in [3.8, 4) is 0 Å². The van der Waals surface area contributed by atoms with E-state index in [1.807, 2.05) is 0 Å². The minimum Gasteiger partial charge on any atom is -0.741 e. The molecular formula is C14H16CuFN7OS2. The van der Waals surface area contributed by atoms with Crippen LogP contribution in [0.4, 0.5) is 4.39 Å². The predicted octanol–water partition coefficient (Wildman–Crippen LogP) is 0.835. The number of amidine groups is 2. The Bertz CT molecular complexity index is 735. The van der Waals surface area contributed by atoms with Gasteiger partial charge in [-0.2, -0.15) is 15.3 Å². The van der Waals surface area contributed by atoms with Gasteiger partial charge in [0.25, 0.3) is 5.91 Å². The van der Waals surface area contributed by atoms with Gasteiger partial charge in [-0.3, -0.25) is 20.6 Å². The maximum absolute atomic E-state index is 12.8. The molecule has 0 aliphatic carbocycles. The van der Waals surface area contributed by atoms with Crippen molar-refractivity contribution in [2.75, 3.05) is 7.05 Å². The minimum atomic E-state index is -0.489. The largest absolute Gasteiger partial charge is 2.00 e. The summed E-state index contributed by atoms with van der Waals surface area (Å²) in [6, 6.07) is 5.04. The Morgan fingerprint density at radius 2 is 1.62 bits per heavy atom. The molecule has 3 N–H and O–H groups in total. The number of aliphatic imine (C=N–C) groups is 1. The van der Waals surface area contributed by atoms with Crippen molar-refractivity contribution in [3.63, 3.8) is 0 Å². The van der Waals surface area contributed by atoms with Crippen LogP contribution in [0.25, 0.3) is 0 Å². The molecule has 0 saturated heterocycles. The van der Waals surface area contributed by atoms with Crippen LogP contribution in [-0.4, -0.2) is 34.7 Å². The fraction of sp³-hybridized carbons (Fsp3) is 0.214. The molecule has 0 bridgehead atoms. The number of rotatable bonds is 4. The molecule has 0 aliphatic heterocycles. The van der Waals surface area contributed by atoms with Crippen LogP contribution in [-0.2, 0) is 42.3 Å². The molecular weight excluding hydrogens is 429 g/mol. The molecule has 0 saturated carbocycles. The van der Waals surface area contributed by atoms with E-state index in [1.165, 1.54) is 24.3 Å². The fourth-order valence-corrected chi connectivity index (χ4v) is 1.40. The Kier molecular flexibility index (Phi) is 11.2. The Morgan fingerprint density at radius 3 is 2.19 bits per heavy atom. The molecule has 1 aromatic carbocycles. The molecule has 0 unspecified atom stereocenters. The zero-order chi connectivity index (χ0) is 18.8. The molecule has 1 rings (SSSR count). The van der Waals surface area contributed by atoms with Crippen molar-refractivity contribution < 1.29 is 26.3 Å². The number of halogens is 1. The summed E-state index contributed by atoms with van der Waals surface area (Å²) in [4.78, 5) is 15.5. The van der Waals surface area contributed by atoms with Crippen LogP contribution < -0.4 is 16.3 Å². The van der Waals surface area contributed by atoms with Gasteiger partial charge in [-0.1, -0.05) is 0 Å². The first-order valence-electron chi connectivity index (χ1n) is 6.89. The molecule has 143 valence electrons. The zero-order valence-corrected chi connectivity index (χ0v) is 16.6. The second-order valence-corrected chi connectivity index (χ2v) is 5.29. The first kappa shape index (κ1) is 23.9. The average molecular weight is 445 g/mol. The topological polar surface area (TPSA) is 103 Å². The van der Waals surface area contributed by atoms with Crippen molar-refractivity contribution >= 4 is 52.9 Å². The molecule has 0 aromatic heterocycles. The second-order valence-electron chi connectivity index (χ2n) is 4.51. The van der Waals surface area contributed by atoms with Gasteiger partial charge in [0.1, 0.15) is 5.82 Å². The monoisotopic (exact) mass is 445 g/mol. The van der Waals surface area contributed by atoms with Crippen LogP contribution in [0.2, 0.25) is 0 Å². The van der Waals surface area contributed by atoms with Gasteiger partial charge in [0.15, 0.2) is 0 Å². The molecule has 1 aromatic rings. The van der Waals surface area contributed by atoms with Gasteiger partial charge in [0, 0.05) is 17.8 Å². The number of hydrogen-bond donors (Lipinski definition) is 3. The number of carbonyl (C=O) groups is 1. The normalized spacial score (nSPS) is 12.9. The van der Waals surface area contributed by atoms with Gasteiger partial charge in [-0.15, -0.1) is 0 Å². The molecule has 26 heavy (non-hydrogen) atoms. The third-order valence-corrected chi connectivity index (χ3v) is 3.18. The van der Waals surface area contributed by atoms with Crippen LogP contribution >= 0.6 is 0 Å². The quantitative estimate of drug-likeness (QED) is 0.210. The maximum Gasteiger partial charge on any atom is 2.00 e.